The molecule has 1 N–H and O–H groups in total. The number of aromatic nitrogens is 2. The lowest BCUT2D eigenvalue weighted by Gasteiger charge is -2.06. The third kappa shape index (κ3) is 3.02. The van der Waals surface area contributed by atoms with Crippen LogP contribution in [0.15, 0.2) is 41.4 Å². The van der Waals surface area contributed by atoms with Gasteiger partial charge in [0, 0.05) is 13.1 Å². The average molecular weight is 279 g/mol. The number of benzene rings is 1. The molecule has 102 valence electrons. The zero-order valence-corrected chi connectivity index (χ0v) is 11.8. The van der Waals surface area contributed by atoms with E-state index in [0.29, 0.717) is 12.2 Å². The molecule has 0 aliphatic rings. The van der Waals surface area contributed by atoms with Gasteiger partial charge in [-0.1, -0.05) is 30.3 Å². The minimum absolute atomic E-state index is 0.241. The molecule has 0 aliphatic carbocycles. The van der Waals surface area contributed by atoms with Crippen LogP contribution in [0.1, 0.15) is 18.2 Å². The molecule has 1 aromatic carbocycles. The average Bonchev–Trinajstić information content (AvgIpc) is 2.79. The first-order valence-corrected chi connectivity index (χ1v) is 7.59. The Kier molecular flexibility index (Phi) is 4.01. The molecule has 0 fully saturated rings. The molecule has 0 radical (unpaired) electrons. The van der Waals surface area contributed by atoms with Crippen molar-refractivity contribution in [2.45, 2.75) is 31.8 Å². The van der Waals surface area contributed by atoms with E-state index < -0.39 is 10.0 Å². The lowest BCUT2D eigenvalue weighted by molar-refractivity contribution is 0.579. The summed E-state index contributed by atoms with van der Waals surface area (Å²) < 4.78 is 28.6. The number of hydrogen-bond donors (Lipinski definition) is 1. The Labute approximate surface area is 113 Å². The number of hydrogen-bond acceptors (Lipinski definition) is 3. The number of nitrogens with zero attached hydrogens (tertiary/aromatic N) is 2. The van der Waals surface area contributed by atoms with Crippen LogP contribution in [0.4, 0.5) is 0 Å². The molecule has 1 aromatic heterocycles. The third-order valence-corrected chi connectivity index (χ3v) is 4.46. The smallest absolute Gasteiger partial charge is 0.244 e. The molecule has 0 bridgehead atoms. The Balaban J connectivity index is 2.16. The van der Waals surface area contributed by atoms with Crippen LogP contribution in [0.3, 0.4) is 0 Å². The molecular formula is C13H17N3O2S. The van der Waals surface area contributed by atoms with E-state index in [1.54, 1.807) is 11.6 Å². The van der Waals surface area contributed by atoms with Gasteiger partial charge in [-0.3, -0.25) is 4.68 Å². The van der Waals surface area contributed by atoms with Crippen LogP contribution in [0.5, 0.6) is 0 Å². The molecule has 0 amide bonds. The van der Waals surface area contributed by atoms with Crippen LogP contribution in [0, 0.1) is 6.92 Å². The second-order valence-corrected chi connectivity index (χ2v) is 5.96. The SMILES string of the molecule is CCn1ncc(S(=O)(=O)NCc2ccccc2)c1C. The van der Waals surface area contributed by atoms with E-state index in [0.717, 1.165) is 5.56 Å². The Morgan fingerprint density at radius 2 is 1.95 bits per heavy atom. The number of rotatable bonds is 5. The Hall–Kier alpha value is -1.66. The van der Waals surface area contributed by atoms with Gasteiger partial charge in [0.2, 0.25) is 10.0 Å². The monoisotopic (exact) mass is 279 g/mol. The van der Waals surface area contributed by atoms with Gasteiger partial charge in [0.15, 0.2) is 0 Å². The maximum absolute atomic E-state index is 12.2. The van der Waals surface area contributed by atoms with E-state index in [-0.39, 0.29) is 11.4 Å². The first-order chi connectivity index (χ1) is 9.04. The summed E-state index contributed by atoms with van der Waals surface area (Å²) in [5.41, 5.74) is 1.58. The van der Waals surface area contributed by atoms with E-state index in [2.05, 4.69) is 9.82 Å². The summed E-state index contributed by atoms with van der Waals surface area (Å²) in [7, 11) is -3.51. The second kappa shape index (κ2) is 5.54. The zero-order chi connectivity index (χ0) is 13.9. The molecular weight excluding hydrogens is 262 g/mol. The minimum atomic E-state index is -3.51. The molecule has 0 atom stereocenters. The summed E-state index contributed by atoms with van der Waals surface area (Å²) in [5, 5.41) is 4.05. The summed E-state index contributed by atoms with van der Waals surface area (Å²) in [4.78, 5) is 0.241. The first kappa shape index (κ1) is 13.8. The maximum Gasteiger partial charge on any atom is 0.244 e. The highest BCUT2D eigenvalue weighted by atomic mass is 32.2. The molecule has 0 aliphatic heterocycles. The molecule has 0 unspecified atom stereocenters. The highest BCUT2D eigenvalue weighted by Crippen LogP contribution is 2.14. The molecule has 6 heteroatoms. The topological polar surface area (TPSA) is 64.0 Å². The first-order valence-electron chi connectivity index (χ1n) is 6.10. The fourth-order valence-electron chi connectivity index (χ4n) is 1.86. The molecule has 1 heterocycles. The quantitative estimate of drug-likeness (QED) is 0.906. The van der Waals surface area contributed by atoms with Gasteiger partial charge >= 0.3 is 0 Å². The van der Waals surface area contributed by atoms with Crippen molar-refractivity contribution in [2.24, 2.45) is 0 Å². The van der Waals surface area contributed by atoms with E-state index >= 15 is 0 Å². The van der Waals surface area contributed by atoms with E-state index in [1.807, 2.05) is 37.3 Å². The van der Waals surface area contributed by atoms with Crippen LogP contribution in [-0.2, 0) is 23.1 Å². The van der Waals surface area contributed by atoms with E-state index in [9.17, 15) is 8.42 Å². The summed E-state index contributed by atoms with van der Waals surface area (Å²) >= 11 is 0. The molecule has 0 spiro atoms. The van der Waals surface area contributed by atoms with Crippen molar-refractivity contribution in [3.63, 3.8) is 0 Å². The van der Waals surface area contributed by atoms with E-state index in [4.69, 9.17) is 0 Å². The Morgan fingerprint density at radius 3 is 2.53 bits per heavy atom. The number of sulfonamides is 1. The van der Waals surface area contributed by atoms with Crippen LogP contribution < -0.4 is 4.72 Å². The predicted octanol–water partition coefficient (Wildman–Crippen LogP) is 1.69. The van der Waals surface area contributed by atoms with E-state index in [1.165, 1.54) is 6.20 Å². The molecule has 5 nitrogen and oxygen atoms in total. The van der Waals surface area contributed by atoms with Crippen molar-refractivity contribution < 1.29 is 8.42 Å². The summed E-state index contributed by atoms with van der Waals surface area (Å²) in [5.74, 6) is 0. The minimum Gasteiger partial charge on any atom is -0.269 e. The van der Waals surface area contributed by atoms with Crippen LogP contribution in [0.25, 0.3) is 0 Å². The van der Waals surface area contributed by atoms with Crippen molar-refractivity contribution >= 4 is 10.0 Å². The fourth-order valence-corrected chi connectivity index (χ4v) is 3.06. The molecule has 2 rings (SSSR count). The van der Waals surface area contributed by atoms with Crippen molar-refractivity contribution in [1.82, 2.24) is 14.5 Å². The van der Waals surface area contributed by atoms with Gasteiger partial charge in [-0.05, 0) is 19.4 Å². The van der Waals surface area contributed by atoms with Gasteiger partial charge < -0.3 is 0 Å². The van der Waals surface area contributed by atoms with Gasteiger partial charge in [-0.25, -0.2) is 13.1 Å². The van der Waals surface area contributed by atoms with Crippen molar-refractivity contribution in [3.8, 4) is 0 Å². The summed E-state index contributed by atoms with van der Waals surface area (Å²) in [6, 6.07) is 9.41. The second-order valence-electron chi connectivity index (χ2n) is 4.22. The number of aryl methyl sites for hydroxylation is 1. The normalized spacial score (nSPS) is 11.7. The van der Waals surface area contributed by atoms with Gasteiger partial charge in [-0.15, -0.1) is 0 Å². The predicted molar refractivity (Wildman–Crippen MR) is 73.1 cm³/mol. The largest absolute Gasteiger partial charge is 0.269 e. The standard InChI is InChI=1S/C13H17N3O2S/c1-3-16-11(2)13(10-14-16)19(17,18)15-9-12-7-5-4-6-8-12/h4-8,10,15H,3,9H2,1-2H3. The molecule has 19 heavy (non-hydrogen) atoms. The summed E-state index contributed by atoms with van der Waals surface area (Å²) in [6.07, 6.45) is 1.40. The Bertz CT molecular complexity index is 648. The maximum atomic E-state index is 12.2. The number of nitrogens with one attached hydrogen (secondary N) is 1. The van der Waals surface area contributed by atoms with Gasteiger partial charge in [0.1, 0.15) is 4.90 Å². The lowest BCUT2D eigenvalue weighted by atomic mass is 10.2. The van der Waals surface area contributed by atoms with Crippen molar-refractivity contribution in [2.75, 3.05) is 0 Å². The van der Waals surface area contributed by atoms with Gasteiger partial charge in [-0.2, -0.15) is 5.10 Å². The fraction of sp³-hybridized carbons (Fsp3) is 0.308. The van der Waals surface area contributed by atoms with Crippen molar-refractivity contribution in [3.05, 3.63) is 47.8 Å². The van der Waals surface area contributed by atoms with Gasteiger partial charge in [0.05, 0.1) is 11.9 Å². The van der Waals surface area contributed by atoms with Gasteiger partial charge in [0.25, 0.3) is 0 Å². The zero-order valence-electron chi connectivity index (χ0n) is 11.0. The lowest BCUT2D eigenvalue weighted by Crippen LogP contribution is -2.23. The van der Waals surface area contributed by atoms with Crippen LogP contribution in [-0.4, -0.2) is 18.2 Å². The molecule has 0 saturated heterocycles. The Morgan fingerprint density at radius 1 is 1.26 bits per heavy atom. The molecule has 0 saturated carbocycles. The highest BCUT2D eigenvalue weighted by molar-refractivity contribution is 7.89. The van der Waals surface area contributed by atoms with Crippen molar-refractivity contribution in [1.29, 1.82) is 0 Å². The molecule has 2 aromatic rings. The summed E-state index contributed by atoms with van der Waals surface area (Å²) in [6.45, 7) is 4.61. The van der Waals surface area contributed by atoms with Crippen LogP contribution in [0.2, 0.25) is 0 Å². The van der Waals surface area contributed by atoms with Crippen LogP contribution >= 0.6 is 0 Å². The third-order valence-electron chi connectivity index (χ3n) is 2.96. The highest BCUT2D eigenvalue weighted by Gasteiger charge is 2.19.